The minimum Gasteiger partial charge on any atom is -0.396 e. The normalized spacial score (nSPS) is 26.2. The van der Waals surface area contributed by atoms with Crippen molar-refractivity contribution in [2.24, 2.45) is 13.0 Å². The fourth-order valence-electron chi connectivity index (χ4n) is 3.81. The summed E-state index contributed by atoms with van der Waals surface area (Å²) in [5, 5.41) is 13.9. The Morgan fingerprint density at radius 1 is 1.25 bits per heavy atom. The van der Waals surface area contributed by atoms with Gasteiger partial charge in [-0.3, -0.25) is 9.48 Å². The van der Waals surface area contributed by atoms with E-state index in [1.165, 1.54) is 5.56 Å². The van der Waals surface area contributed by atoms with Crippen LogP contribution in [0.2, 0.25) is 0 Å². The van der Waals surface area contributed by atoms with Crippen LogP contribution in [0, 0.1) is 5.92 Å². The maximum Gasteiger partial charge on any atom is 0.223 e. The molecule has 134 valence electrons. The first-order valence-corrected chi connectivity index (χ1v) is 8.85. The molecule has 1 aromatic heterocycles. The predicted octanol–water partition coefficient (Wildman–Crippen LogP) is -0.408. The van der Waals surface area contributed by atoms with Gasteiger partial charge in [-0.15, -0.1) is 0 Å². The molecule has 24 heavy (non-hydrogen) atoms. The summed E-state index contributed by atoms with van der Waals surface area (Å²) in [6.07, 6.45) is 4.50. The van der Waals surface area contributed by atoms with Crippen LogP contribution in [0.5, 0.6) is 0 Å². The van der Waals surface area contributed by atoms with Gasteiger partial charge in [-0.05, 0) is 12.6 Å². The number of hydrogen-bond acceptors (Lipinski definition) is 5. The van der Waals surface area contributed by atoms with Gasteiger partial charge in [-0.1, -0.05) is 0 Å². The van der Waals surface area contributed by atoms with Gasteiger partial charge < -0.3 is 19.8 Å². The summed E-state index contributed by atoms with van der Waals surface area (Å²) in [6.45, 7) is 6.32. The average Bonchev–Trinajstić information content (AvgIpc) is 3.19. The SMILES string of the molecule is CN1CCN(C(=O)CCN2C[C@@H](CO)[C@H](c3cnn(C)c3)C2)CC1. The fraction of sp³-hybridized carbons (Fsp3) is 0.765. The van der Waals surface area contributed by atoms with Gasteiger partial charge in [0, 0.05) is 83.9 Å². The Morgan fingerprint density at radius 2 is 2.00 bits per heavy atom. The number of aliphatic hydroxyl groups is 1. The van der Waals surface area contributed by atoms with Crippen molar-refractivity contribution in [2.45, 2.75) is 12.3 Å². The third-order valence-electron chi connectivity index (χ3n) is 5.40. The Balaban J connectivity index is 1.50. The van der Waals surface area contributed by atoms with Crippen LogP contribution in [0.3, 0.4) is 0 Å². The van der Waals surface area contributed by atoms with Crippen molar-refractivity contribution in [1.29, 1.82) is 0 Å². The molecule has 7 nitrogen and oxygen atoms in total. The zero-order valence-corrected chi connectivity index (χ0v) is 14.8. The van der Waals surface area contributed by atoms with Crippen LogP contribution >= 0.6 is 0 Å². The maximum absolute atomic E-state index is 12.4. The molecular formula is C17H29N5O2. The molecule has 7 heteroatoms. The van der Waals surface area contributed by atoms with Crippen LogP contribution < -0.4 is 0 Å². The molecule has 2 fully saturated rings. The average molecular weight is 335 g/mol. The quantitative estimate of drug-likeness (QED) is 0.793. The minimum atomic E-state index is 0.183. The summed E-state index contributed by atoms with van der Waals surface area (Å²) < 4.78 is 1.81. The van der Waals surface area contributed by atoms with Gasteiger partial charge in [0.2, 0.25) is 5.91 Å². The zero-order valence-electron chi connectivity index (χ0n) is 14.8. The number of carbonyl (C=O) groups is 1. The van der Waals surface area contributed by atoms with Crippen LogP contribution in [-0.4, -0.2) is 95.0 Å². The summed E-state index contributed by atoms with van der Waals surface area (Å²) in [6, 6.07) is 0. The molecule has 0 radical (unpaired) electrons. The van der Waals surface area contributed by atoms with E-state index in [0.717, 1.165) is 45.8 Å². The van der Waals surface area contributed by atoms with E-state index < -0.39 is 0 Å². The molecule has 2 saturated heterocycles. The van der Waals surface area contributed by atoms with Gasteiger partial charge in [0.1, 0.15) is 0 Å². The van der Waals surface area contributed by atoms with Crippen molar-refractivity contribution >= 4 is 5.91 Å². The molecule has 3 heterocycles. The first kappa shape index (κ1) is 17.4. The second-order valence-electron chi connectivity index (χ2n) is 7.19. The maximum atomic E-state index is 12.4. The molecule has 0 saturated carbocycles. The van der Waals surface area contributed by atoms with E-state index in [4.69, 9.17) is 0 Å². The van der Waals surface area contributed by atoms with Crippen LogP contribution in [0.25, 0.3) is 0 Å². The standard InChI is InChI=1S/C17H29N5O2/c1-19-5-7-22(8-6-19)17(24)3-4-21-11-15(13-23)16(12-21)14-9-18-20(2)10-14/h9-10,15-16,23H,3-8,11-13H2,1-2H3/t15-,16-/m0/s1. The molecular weight excluding hydrogens is 306 g/mol. The smallest absolute Gasteiger partial charge is 0.223 e. The molecule has 0 spiro atoms. The molecule has 2 aliphatic heterocycles. The molecule has 3 rings (SSSR count). The van der Waals surface area contributed by atoms with E-state index in [2.05, 4.69) is 21.9 Å². The van der Waals surface area contributed by atoms with Crippen LogP contribution in [-0.2, 0) is 11.8 Å². The molecule has 0 aliphatic carbocycles. The number of piperazine rings is 1. The second kappa shape index (κ2) is 7.63. The highest BCUT2D eigenvalue weighted by Gasteiger charge is 2.34. The molecule has 1 aromatic rings. The van der Waals surface area contributed by atoms with E-state index in [0.29, 0.717) is 12.3 Å². The van der Waals surface area contributed by atoms with Crippen molar-refractivity contribution in [3.63, 3.8) is 0 Å². The van der Waals surface area contributed by atoms with Gasteiger partial charge in [0.05, 0.1) is 6.20 Å². The molecule has 1 N–H and O–H groups in total. The van der Waals surface area contributed by atoms with E-state index in [-0.39, 0.29) is 18.4 Å². The van der Waals surface area contributed by atoms with Crippen molar-refractivity contribution in [3.05, 3.63) is 18.0 Å². The third-order valence-corrected chi connectivity index (χ3v) is 5.40. The summed E-state index contributed by atoms with van der Waals surface area (Å²) in [4.78, 5) is 18.9. The van der Waals surface area contributed by atoms with E-state index >= 15 is 0 Å². The largest absolute Gasteiger partial charge is 0.396 e. The van der Waals surface area contributed by atoms with Crippen molar-refractivity contribution in [3.8, 4) is 0 Å². The molecule has 0 bridgehead atoms. The van der Waals surface area contributed by atoms with Crippen molar-refractivity contribution in [1.82, 2.24) is 24.5 Å². The van der Waals surface area contributed by atoms with Gasteiger partial charge in [0.25, 0.3) is 0 Å². The number of aryl methyl sites for hydroxylation is 1. The van der Waals surface area contributed by atoms with Gasteiger partial charge in [0.15, 0.2) is 0 Å². The highest BCUT2D eigenvalue weighted by Crippen LogP contribution is 2.32. The Kier molecular flexibility index (Phi) is 5.53. The van der Waals surface area contributed by atoms with Crippen LogP contribution in [0.15, 0.2) is 12.4 Å². The van der Waals surface area contributed by atoms with Crippen LogP contribution in [0.4, 0.5) is 0 Å². The van der Waals surface area contributed by atoms with E-state index in [9.17, 15) is 9.90 Å². The number of amides is 1. The molecule has 0 unspecified atom stereocenters. The lowest BCUT2D eigenvalue weighted by Crippen LogP contribution is -2.47. The highest BCUT2D eigenvalue weighted by molar-refractivity contribution is 5.76. The number of rotatable bonds is 5. The monoisotopic (exact) mass is 335 g/mol. The minimum absolute atomic E-state index is 0.183. The Bertz CT molecular complexity index is 553. The first-order valence-electron chi connectivity index (χ1n) is 8.85. The lowest BCUT2D eigenvalue weighted by Gasteiger charge is -2.32. The number of carbonyl (C=O) groups excluding carboxylic acids is 1. The number of likely N-dealkylation sites (N-methyl/N-ethyl adjacent to an activating group) is 1. The van der Waals surface area contributed by atoms with Gasteiger partial charge in [-0.2, -0.15) is 5.10 Å². The molecule has 2 atom stereocenters. The number of aliphatic hydroxyl groups excluding tert-OH is 1. The summed E-state index contributed by atoms with van der Waals surface area (Å²) in [5.74, 6) is 0.795. The Morgan fingerprint density at radius 3 is 2.62 bits per heavy atom. The zero-order chi connectivity index (χ0) is 17.1. The van der Waals surface area contributed by atoms with Crippen molar-refractivity contribution in [2.75, 3.05) is 59.5 Å². The Hall–Kier alpha value is -1.44. The Labute approximate surface area is 143 Å². The summed E-state index contributed by atoms with van der Waals surface area (Å²) in [5.41, 5.74) is 1.18. The topological polar surface area (TPSA) is 64.8 Å². The second-order valence-corrected chi connectivity index (χ2v) is 7.19. The molecule has 1 amide bonds. The van der Waals surface area contributed by atoms with E-state index in [1.54, 1.807) is 0 Å². The highest BCUT2D eigenvalue weighted by atomic mass is 16.3. The fourth-order valence-corrected chi connectivity index (χ4v) is 3.81. The number of hydrogen-bond donors (Lipinski definition) is 1. The number of nitrogens with zero attached hydrogens (tertiary/aromatic N) is 5. The molecule has 2 aliphatic rings. The first-order chi connectivity index (χ1) is 11.6. The lowest BCUT2D eigenvalue weighted by atomic mass is 9.92. The number of likely N-dealkylation sites (tertiary alicyclic amines) is 1. The van der Waals surface area contributed by atoms with Gasteiger partial charge in [-0.25, -0.2) is 0 Å². The van der Waals surface area contributed by atoms with E-state index in [1.807, 2.05) is 29.0 Å². The lowest BCUT2D eigenvalue weighted by molar-refractivity contribution is -0.133. The summed E-state index contributed by atoms with van der Waals surface area (Å²) >= 11 is 0. The van der Waals surface area contributed by atoms with Crippen molar-refractivity contribution < 1.29 is 9.90 Å². The summed E-state index contributed by atoms with van der Waals surface area (Å²) in [7, 11) is 4.01. The number of aromatic nitrogens is 2. The molecule has 0 aromatic carbocycles. The van der Waals surface area contributed by atoms with Gasteiger partial charge >= 0.3 is 0 Å². The predicted molar refractivity (Wildman–Crippen MR) is 91.7 cm³/mol. The third kappa shape index (κ3) is 3.96. The van der Waals surface area contributed by atoms with Crippen LogP contribution in [0.1, 0.15) is 17.9 Å².